The first-order valence-electron chi connectivity index (χ1n) is 4.33. The molecule has 1 aliphatic heterocycles. The van der Waals surface area contributed by atoms with E-state index in [1.54, 1.807) is 0 Å². The molecular weight excluding hydrogens is 172 g/mol. The van der Waals surface area contributed by atoms with Crippen molar-refractivity contribution in [3.05, 3.63) is 10.4 Å². The topological polar surface area (TPSA) is 92.5 Å². The molecule has 1 rings (SSSR count). The molecule has 13 heavy (non-hydrogen) atoms. The lowest BCUT2D eigenvalue weighted by Gasteiger charge is -2.12. The Labute approximate surface area is 76.4 Å². The summed E-state index contributed by atoms with van der Waals surface area (Å²) in [7, 11) is 0. The highest BCUT2D eigenvalue weighted by atomic mass is 16.3. The molecule has 0 spiro atoms. The van der Waals surface area contributed by atoms with Crippen LogP contribution in [-0.4, -0.2) is 53.5 Å². The molecule has 0 aromatic heterocycles. The van der Waals surface area contributed by atoms with Crippen LogP contribution in [0.3, 0.4) is 0 Å². The number of likely N-dealkylation sites (tertiary alicyclic amines) is 1. The minimum Gasteiger partial charge on any atom is -0.389 e. The lowest BCUT2D eigenvalue weighted by molar-refractivity contribution is 0.0572. The van der Waals surface area contributed by atoms with Gasteiger partial charge in [0.2, 0.25) is 0 Å². The van der Waals surface area contributed by atoms with E-state index in [2.05, 4.69) is 10.0 Å². The fourth-order valence-corrected chi connectivity index (χ4v) is 1.44. The summed E-state index contributed by atoms with van der Waals surface area (Å²) in [5.41, 5.74) is 8.01. The van der Waals surface area contributed by atoms with Crippen molar-refractivity contribution in [1.29, 1.82) is 0 Å². The van der Waals surface area contributed by atoms with E-state index in [1.807, 2.05) is 4.90 Å². The summed E-state index contributed by atoms with van der Waals surface area (Å²) in [5, 5.41) is 21.8. The minimum atomic E-state index is -0.625. The molecule has 0 bridgehead atoms. The van der Waals surface area contributed by atoms with Crippen LogP contribution in [0.4, 0.5) is 0 Å². The van der Waals surface area contributed by atoms with Crippen LogP contribution in [-0.2, 0) is 0 Å². The third-order valence-corrected chi connectivity index (χ3v) is 2.13. The quantitative estimate of drug-likeness (QED) is 0.274. The standard InChI is InChI=1S/C7H14N4O2/c8-10-9-2-1-3-11-4-6(12)7(13)5-11/h6-7,12-13H,1-5H2. The van der Waals surface area contributed by atoms with Crippen LogP contribution in [0.1, 0.15) is 6.42 Å². The van der Waals surface area contributed by atoms with E-state index in [-0.39, 0.29) is 0 Å². The van der Waals surface area contributed by atoms with Crippen LogP contribution in [0, 0.1) is 0 Å². The van der Waals surface area contributed by atoms with Crippen molar-refractivity contribution in [2.24, 2.45) is 5.11 Å². The van der Waals surface area contributed by atoms with Gasteiger partial charge in [-0.1, -0.05) is 5.11 Å². The maximum Gasteiger partial charge on any atom is 0.0938 e. The average molecular weight is 186 g/mol. The van der Waals surface area contributed by atoms with Crippen LogP contribution in [0.2, 0.25) is 0 Å². The summed E-state index contributed by atoms with van der Waals surface area (Å²) in [5.74, 6) is 0. The zero-order valence-corrected chi connectivity index (χ0v) is 7.37. The maximum atomic E-state index is 9.20. The van der Waals surface area contributed by atoms with Crippen molar-refractivity contribution in [2.45, 2.75) is 18.6 Å². The second kappa shape index (κ2) is 5.04. The largest absolute Gasteiger partial charge is 0.389 e. The van der Waals surface area contributed by atoms with Crippen molar-refractivity contribution in [3.8, 4) is 0 Å². The number of aliphatic hydroxyl groups excluding tert-OH is 2. The van der Waals surface area contributed by atoms with Crippen molar-refractivity contribution in [1.82, 2.24) is 4.90 Å². The Morgan fingerprint density at radius 1 is 1.38 bits per heavy atom. The van der Waals surface area contributed by atoms with E-state index in [0.717, 1.165) is 13.0 Å². The third-order valence-electron chi connectivity index (χ3n) is 2.13. The smallest absolute Gasteiger partial charge is 0.0938 e. The van der Waals surface area contributed by atoms with Crippen LogP contribution >= 0.6 is 0 Å². The van der Waals surface area contributed by atoms with Crippen LogP contribution in [0.25, 0.3) is 10.4 Å². The second-order valence-electron chi connectivity index (χ2n) is 3.20. The van der Waals surface area contributed by atoms with Gasteiger partial charge in [-0.3, -0.25) is 4.90 Å². The molecule has 2 N–H and O–H groups in total. The summed E-state index contributed by atoms with van der Waals surface area (Å²) in [6, 6.07) is 0. The Hall–Kier alpha value is -0.810. The molecule has 0 aliphatic carbocycles. The molecule has 74 valence electrons. The highest BCUT2D eigenvalue weighted by Crippen LogP contribution is 2.09. The van der Waals surface area contributed by atoms with E-state index < -0.39 is 12.2 Å². The van der Waals surface area contributed by atoms with Gasteiger partial charge < -0.3 is 10.2 Å². The Balaban J connectivity index is 2.13. The summed E-state index contributed by atoms with van der Waals surface area (Å²) < 4.78 is 0. The van der Waals surface area contributed by atoms with Crippen LogP contribution < -0.4 is 0 Å². The predicted octanol–water partition coefficient (Wildman–Crippen LogP) is -0.276. The second-order valence-corrected chi connectivity index (χ2v) is 3.20. The van der Waals surface area contributed by atoms with Gasteiger partial charge >= 0.3 is 0 Å². The highest BCUT2D eigenvalue weighted by Gasteiger charge is 2.28. The van der Waals surface area contributed by atoms with Crippen molar-refractivity contribution in [2.75, 3.05) is 26.2 Å². The van der Waals surface area contributed by atoms with Crippen LogP contribution in [0.15, 0.2) is 5.11 Å². The molecule has 6 heteroatoms. The number of rotatable bonds is 4. The first kappa shape index (κ1) is 10.3. The summed E-state index contributed by atoms with van der Waals surface area (Å²) in [6.45, 7) is 2.25. The monoisotopic (exact) mass is 186 g/mol. The number of aliphatic hydroxyl groups is 2. The highest BCUT2D eigenvalue weighted by molar-refractivity contribution is 4.82. The van der Waals surface area contributed by atoms with Gasteiger partial charge in [0.1, 0.15) is 0 Å². The van der Waals surface area contributed by atoms with E-state index in [0.29, 0.717) is 19.6 Å². The van der Waals surface area contributed by atoms with Gasteiger partial charge in [-0.25, -0.2) is 0 Å². The number of hydrogen-bond donors (Lipinski definition) is 2. The van der Waals surface area contributed by atoms with Crippen LogP contribution in [0.5, 0.6) is 0 Å². The molecule has 0 saturated carbocycles. The number of nitrogens with zero attached hydrogens (tertiary/aromatic N) is 4. The number of hydrogen-bond acceptors (Lipinski definition) is 4. The lowest BCUT2D eigenvalue weighted by Crippen LogP contribution is -2.23. The zero-order valence-electron chi connectivity index (χ0n) is 7.37. The maximum absolute atomic E-state index is 9.20. The Morgan fingerprint density at radius 3 is 2.54 bits per heavy atom. The molecule has 0 aromatic rings. The molecule has 1 heterocycles. The van der Waals surface area contributed by atoms with Gasteiger partial charge in [0.15, 0.2) is 0 Å². The normalized spacial score (nSPS) is 28.8. The fourth-order valence-electron chi connectivity index (χ4n) is 1.44. The molecule has 1 aliphatic rings. The molecule has 0 radical (unpaired) electrons. The fraction of sp³-hybridized carbons (Fsp3) is 1.00. The van der Waals surface area contributed by atoms with E-state index in [1.165, 1.54) is 0 Å². The number of β-amino-alcohol motifs (C(OH)–C–C–N with tert-alkyl or cyclic N) is 2. The third kappa shape index (κ3) is 3.20. The molecule has 1 saturated heterocycles. The van der Waals surface area contributed by atoms with E-state index in [9.17, 15) is 10.2 Å². The molecule has 2 unspecified atom stereocenters. The summed E-state index contributed by atoms with van der Waals surface area (Å²) in [6.07, 6.45) is -0.484. The van der Waals surface area contributed by atoms with Gasteiger partial charge in [0.05, 0.1) is 12.2 Å². The van der Waals surface area contributed by atoms with Gasteiger partial charge in [-0.15, -0.1) is 0 Å². The molecule has 6 nitrogen and oxygen atoms in total. The van der Waals surface area contributed by atoms with Crippen molar-refractivity contribution < 1.29 is 10.2 Å². The Bertz CT molecular complexity index is 195. The van der Waals surface area contributed by atoms with Gasteiger partial charge in [0.25, 0.3) is 0 Å². The lowest BCUT2D eigenvalue weighted by atomic mass is 10.3. The van der Waals surface area contributed by atoms with E-state index >= 15 is 0 Å². The molecule has 1 fully saturated rings. The molecule has 0 amide bonds. The molecule has 0 aromatic carbocycles. The molecule has 2 atom stereocenters. The Kier molecular flexibility index (Phi) is 3.98. The van der Waals surface area contributed by atoms with Crippen molar-refractivity contribution >= 4 is 0 Å². The number of azide groups is 1. The summed E-state index contributed by atoms with van der Waals surface area (Å²) >= 11 is 0. The van der Waals surface area contributed by atoms with Gasteiger partial charge in [0, 0.05) is 24.5 Å². The average Bonchev–Trinajstić information content (AvgIpc) is 2.41. The van der Waals surface area contributed by atoms with Gasteiger partial charge in [-0.2, -0.15) is 0 Å². The SMILES string of the molecule is [N-]=[N+]=NCCCN1CC(O)C(O)C1. The summed E-state index contributed by atoms with van der Waals surface area (Å²) in [4.78, 5) is 4.60. The zero-order chi connectivity index (χ0) is 9.68. The predicted molar refractivity (Wildman–Crippen MR) is 47.1 cm³/mol. The first-order valence-corrected chi connectivity index (χ1v) is 4.33. The first-order chi connectivity index (χ1) is 6.24. The minimum absolute atomic E-state index is 0.471. The Morgan fingerprint density at radius 2 is 2.00 bits per heavy atom. The van der Waals surface area contributed by atoms with Gasteiger partial charge in [-0.05, 0) is 18.5 Å². The van der Waals surface area contributed by atoms with Crippen molar-refractivity contribution in [3.63, 3.8) is 0 Å². The molecular formula is C7H14N4O2. The van der Waals surface area contributed by atoms with E-state index in [4.69, 9.17) is 5.53 Å².